The van der Waals surface area contributed by atoms with Gasteiger partial charge < -0.3 is 9.80 Å². The van der Waals surface area contributed by atoms with Crippen LogP contribution in [0.2, 0.25) is 0 Å². The number of hydrogen-bond donors (Lipinski definition) is 0. The molecule has 29 heavy (non-hydrogen) atoms. The van der Waals surface area contributed by atoms with Gasteiger partial charge >= 0.3 is 0 Å². The molecule has 2 aromatic heterocycles. The number of amides is 2. The van der Waals surface area contributed by atoms with Crippen molar-refractivity contribution >= 4 is 11.8 Å². The smallest absolute Gasteiger partial charge is 0.225 e. The van der Waals surface area contributed by atoms with Crippen molar-refractivity contribution < 1.29 is 9.59 Å². The van der Waals surface area contributed by atoms with Crippen molar-refractivity contribution in [3.63, 3.8) is 0 Å². The van der Waals surface area contributed by atoms with Crippen LogP contribution in [0, 0.1) is 6.92 Å². The third-order valence-corrected chi connectivity index (χ3v) is 5.99. The molecule has 4 rings (SSSR count). The summed E-state index contributed by atoms with van der Waals surface area (Å²) in [5.74, 6) is 0.952. The molecule has 4 heterocycles. The summed E-state index contributed by atoms with van der Waals surface area (Å²) in [6.07, 6.45) is 7.76. The van der Waals surface area contributed by atoms with Gasteiger partial charge in [0, 0.05) is 69.6 Å². The highest BCUT2D eigenvalue weighted by molar-refractivity contribution is 5.76. The maximum absolute atomic E-state index is 13.0. The molecule has 2 aliphatic heterocycles. The molecule has 0 bridgehead atoms. The molecule has 0 aromatic carbocycles. The molecule has 8 nitrogen and oxygen atoms in total. The number of piperidine rings is 1. The molecule has 0 aliphatic carbocycles. The lowest BCUT2D eigenvalue weighted by molar-refractivity contribution is -0.135. The second-order valence-electron chi connectivity index (χ2n) is 7.94. The molecule has 0 N–H and O–H groups in total. The monoisotopic (exact) mass is 396 g/mol. The van der Waals surface area contributed by atoms with Gasteiger partial charge in [0.15, 0.2) is 5.82 Å². The second kappa shape index (κ2) is 8.31. The highest BCUT2D eigenvalue weighted by Gasteiger charge is 2.31. The van der Waals surface area contributed by atoms with E-state index in [1.165, 1.54) is 0 Å². The van der Waals surface area contributed by atoms with Crippen LogP contribution in [-0.2, 0) is 29.1 Å². The molecular weight excluding hydrogens is 368 g/mol. The summed E-state index contributed by atoms with van der Waals surface area (Å²) >= 11 is 0. The van der Waals surface area contributed by atoms with Gasteiger partial charge in [-0.1, -0.05) is 0 Å². The first-order valence-corrected chi connectivity index (χ1v) is 10.4. The SMILES string of the molecule is CC(=O)N1CCc2nc(C3CCCCN3C(=O)CCn3nccc3C)ncc2C1. The van der Waals surface area contributed by atoms with Gasteiger partial charge in [0.25, 0.3) is 0 Å². The fraction of sp³-hybridized carbons (Fsp3) is 0.571. The van der Waals surface area contributed by atoms with Crippen LogP contribution in [0.25, 0.3) is 0 Å². The molecule has 8 heteroatoms. The minimum Gasteiger partial charge on any atom is -0.338 e. The van der Waals surface area contributed by atoms with Crippen LogP contribution in [0.3, 0.4) is 0 Å². The Balaban J connectivity index is 1.48. The van der Waals surface area contributed by atoms with Crippen LogP contribution in [0.1, 0.15) is 61.4 Å². The first kappa shape index (κ1) is 19.5. The van der Waals surface area contributed by atoms with E-state index < -0.39 is 0 Å². The molecule has 154 valence electrons. The van der Waals surface area contributed by atoms with Gasteiger partial charge in [0.1, 0.15) is 0 Å². The summed E-state index contributed by atoms with van der Waals surface area (Å²) in [6, 6.07) is 1.88. The van der Waals surface area contributed by atoms with E-state index >= 15 is 0 Å². The molecule has 2 aromatic rings. The molecule has 2 aliphatic rings. The number of aromatic nitrogens is 4. The maximum Gasteiger partial charge on any atom is 0.225 e. The lowest BCUT2D eigenvalue weighted by atomic mass is 10.00. The van der Waals surface area contributed by atoms with Crippen molar-refractivity contribution in [1.82, 2.24) is 29.5 Å². The highest BCUT2D eigenvalue weighted by Crippen LogP contribution is 2.30. The fourth-order valence-corrected chi connectivity index (χ4v) is 4.24. The van der Waals surface area contributed by atoms with E-state index in [-0.39, 0.29) is 17.9 Å². The molecule has 2 amide bonds. The van der Waals surface area contributed by atoms with Gasteiger partial charge in [-0.3, -0.25) is 14.3 Å². The molecular formula is C21H28N6O2. The zero-order valence-corrected chi connectivity index (χ0v) is 17.2. The van der Waals surface area contributed by atoms with Crippen molar-refractivity contribution in [3.8, 4) is 0 Å². The van der Waals surface area contributed by atoms with E-state index in [9.17, 15) is 9.59 Å². The van der Waals surface area contributed by atoms with Crippen LogP contribution in [0.5, 0.6) is 0 Å². The Bertz CT molecular complexity index is 908. The number of carbonyl (C=O) groups is 2. The van der Waals surface area contributed by atoms with Crippen LogP contribution >= 0.6 is 0 Å². The summed E-state index contributed by atoms with van der Waals surface area (Å²) in [5.41, 5.74) is 3.08. The van der Waals surface area contributed by atoms with Gasteiger partial charge in [0.2, 0.25) is 11.8 Å². The van der Waals surface area contributed by atoms with E-state index in [2.05, 4.69) is 10.1 Å². The summed E-state index contributed by atoms with van der Waals surface area (Å²) in [4.78, 5) is 37.8. The van der Waals surface area contributed by atoms with Gasteiger partial charge in [0.05, 0.1) is 11.7 Å². The minimum absolute atomic E-state index is 0.0638. The summed E-state index contributed by atoms with van der Waals surface area (Å²) < 4.78 is 1.87. The van der Waals surface area contributed by atoms with Gasteiger partial charge in [-0.05, 0) is 32.3 Å². The lowest BCUT2D eigenvalue weighted by Gasteiger charge is -2.35. The third kappa shape index (κ3) is 4.16. The number of carbonyl (C=O) groups excluding carboxylic acids is 2. The molecule has 1 atom stereocenters. The number of hydrogen-bond acceptors (Lipinski definition) is 5. The van der Waals surface area contributed by atoms with E-state index in [0.717, 1.165) is 55.0 Å². The van der Waals surface area contributed by atoms with Gasteiger partial charge in [-0.15, -0.1) is 0 Å². The standard InChI is InChI=1S/C21H28N6O2/c1-15-6-9-23-27(15)12-8-20(29)26-10-4-3-5-19(26)21-22-13-17-14-25(16(2)28)11-7-18(17)24-21/h6,9,13,19H,3-5,7-8,10-12,14H2,1-2H3. The first-order chi connectivity index (χ1) is 14.0. The predicted octanol–water partition coefficient (Wildman–Crippen LogP) is 2.03. The van der Waals surface area contributed by atoms with Crippen molar-refractivity contribution in [2.75, 3.05) is 13.1 Å². The average Bonchev–Trinajstić information content (AvgIpc) is 3.16. The molecule has 1 saturated heterocycles. The van der Waals surface area contributed by atoms with Crippen molar-refractivity contribution in [1.29, 1.82) is 0 Å². The largest absolute Gasteiger partial charge is 0.338 e. The Labute approximate surface area is 170 Å². The Hall–Kier alpha value is -2.77. The lowest BCUT2D eigenvalue weighted by Crippen LogP contribution is -2.40. The van der Waals surface area contributed by atoms with Crippen LogP contribution in [0.4, 0.5) is 0 Å². The number of aryl methyl sites for hydroxylation is 2. The topological polar surface area (TPSA) is 84.2 Å². The van der Waals surface area contributed by atoms with Crippen LogP contribution in [0.15, 0.2) is 18.5 Å². The van der Waals surface area contributed by atoms with E-state index in [0.29, 0.717) is 26.1 Å². The summed E-state index contributed by atoms with van der Waals surface area (Å²) in [6.45, 7) is 6.19. The maximum atomic E-state index is 13.0. The third-order valence-electron chi connectivity index (χ3n) is 5.99. The number of likely N-dealkylation sites (tertiary alicyclic amines) is 1. The van der Waals surface area contributed by atoms with E-state index in [1.54, 1.807) is 13.1 Å². The highest BCUT2D eigenvalue weighted by atomic mass is 16.2. The Morgan fingerprint density at radius 2 is 2.10 bits per heavy atom. The number of nitrogens with zero attached hydrogens (tertiary/aromatic N) is 6. The fourth-order valence-electron chi connectivity index (χ4n) is 4.24. The average molecular weight is 396 g/mol. The summed E-state index contributed by atoms with van der Waals surface area (Å²) in [5, 5.41) is 4.27. The summed E-state index contributed by atoms with van der Waals surface area (Å²) in [7, 11) is 0. The van der Waals surface area contributed by atoms with Crippen molar-refractivity contribution in [2.45, 2.75) is 65.1 Å². The van der Waals surface area contributed by atoms with Gasteiger partial charge in [-0.25, -0.2) is 9.97 Å². The number of fused-ring (bicyclic) bond motifs is 1. The van der Waals surface area contributed by atoms with Crippen molar-refractivity contribution in [3.05, 3.63) is 41.2 Å². The normalized spacial score (nSPS) is 19.2. The van der Waals surface area contributed by atoms with E-state index in [4.69, 9.17) is 4.98 Å². The molecule has 0 saturated carbocycles. The molecule has 1 fully saturated rings. The minimum atomic E-state index is -0.0638. The Morgan fingerprint density at radius 3 is 2.86 bits per heavy atom. The molecule has 0 spiro atoms. The zero-order chi connectivity index (χ0) is 20.4. The Kier molecular flexibility index (Phi) is 5.60. The van der Waals surface area contributed by atoms with E-state index in [1.807, 2.05) is 33.7 Å². The van der Waals surface area contributed by atoms with Crippen LogP contribution < -0.4 is 0 Å². The molecule has 0 radical (unpaired) electrons. The quantitative estimate of drug-likeness (QED) is 0.790. The first-order valence-electron chi connectivity index (χ1n) is 10.4. The van der Waals surface area contributed by atoms with Crippen molar-refractivity contribution in [2.24, 2.45) is 0 Å². The second-order valence-corrected chi connectivity index (χ2v) is 7.94. The Morgan fingerprint density at radius 1 is 1.24 bits per heavy atom. The predicted molar refractivity (Wildman–Crippen MR) is 107 cm³/mol. The van der Waals surface area contributed by atoms with Gasteiger partial charge in [-0.2, -0.15) is 5.10 Å². The zero-order valence-electron chi connectivity index (χ0n) is 17.2. The molecule has 1 unspecified atom stereocenters. The van der Waals surface area contributed by atoms with Crippen LogP contribution in [-0.4, -0.2) is 54.5 Å². The number of rotatable bonds is 4.